The maximum atomic E-state index is 14.1. The Morgan fingerprint density at radius 1 is 0.857 bits per heavy atom. The summed E-state index contributed by atoms with van der Waals surface area (Å²) in [5.41, 5.74) is 6.58. The van der Waals surface area contributed by atoms with Crippen LogP contribution in [0.3, 0.4) is 0 Å². The van der Waals surface area contributed by atoms with Gasteiger partial charge in [0.1, 0.15) is 5.69 Å². The molecule has 0 saturated carbocycles. The number of Topliss-reactive ketones (excluding diaryl/α,β-unsaturated/α-hetero) is 1. The number of fused-ring (bicyclic) bond motifs is 4. The summed E-state index contributed by atoms with van der Waals surface area (Å²) in [6, 6.07) is 16.1. The van der Waals surface area contributed by atoms with Crippen LogP contribution in [-0.2, 0) is 4.79 Å². The molecule has 0 amide bonds. The number of allylic oxidation sites excluding steroid dienone is 1. The third-order valence-electron chi connectivity index (χ3n) is 9.76. The number of nitro benzene ring substituents is 1. The van der Waals surface area contributed by atoms with Crippen LogP contribution in [0.5, 0.6) is 0 Å². The molecule has 3 heterocycles. The number of nitro groups is 1. The largest absolute Gasteiger partial charge is 0.373 e. The fourth-order valence-electron chi connectivity index (χ4n) is 7.83. The number of nitrogens with one attached hydrogen (secondary N) is 1. The number of anilines is 3. The maximum Gasteiger partial charge on any atom is 0.293 e. The van der Waals surface area contributed by atoms with E-state index in [9.17, 15) is 14.9 Å². The predicted molar refractivity (Wildman–Crippen MR) is 170 cm³/mol. The lowest BCUT2D eigenvalue weighted by atomic mass is 9.67. The molecule has 7 nitrogen and oxygen atoms in total. The lowest BCUT2D eigenvalue weighted by Gasteiger charge is -2.42. The Bertz CT molecular complexity index is 1610. The van der Waals surface area contributed by atoms with E-state index < -0.39 is 6.04 Å². The van der Waals surface area contributed by atoms with E-state index in [-0.39, 0.29) is 21.8 Å². The zero-order chi connectivity index (χ0) is 29.0. The van der Waals surface area contributed by atoms with Gasteiger partial charge in [-0.3, -0.25) is 14.9 Å². The summed E-state index contributed by atoms with van der Waals surface area (Å²) in [6.45, 7) is 7.87. The van der Waals surface area contributed by atoms with Crippen molar-refractivity contribution in [2.24, 2.45) is 5.41 Å². The molecular weight excluding hydrogens is 524 g/mol. The van der Waals surface area contributed by atoms with E-state index in [0.717, 1.165) is 115 Å². The van der Waals surface area contributed by atoms with Gasteiger partial charge in [-0.25, -0.2) is 0 Å². The number of nitrogens with zero attached hydrogens (tertiary/aromatic N) is 3. The highest BCUT2D eigenvalue weighted by atomic mass is 16.6. The summed E-state index contributed by atoms with van der Waals surface area (Å²) >= 11 is 0. The second-order valence-electron chi connectivity index (χ2n) is 13.4. The molecule has 42 heavy (non-hydrogen) atoms. The monoisotopic (exact) mass is 564 g/mol. The average molecular weight is 565 g/mol. The fraction of sp³-hybridized carbons (Fsp3) is 0.457. The molecule has 7 rings (SSSR count). The Balaban J connectivity index is 1.47. The van der Waals surface area contributed by atoms with Crippen LogP contribution in [0.4, 0.5) is 22.7 Å². The Kier molecular flexibility index (Phi) is 6.71. The Morgan fingerprint density at radius 2 is 1.52 bits per heavy atom. The van der Waals surface area contributed by atoms with Gasteiger partial charge in [0.15, 0.2) is 5.78 Å². The van der Waals surface area contributed by atoms with Crippen LogP contribution in [0.25, 0.3) is 16.3 Å². The molecule has 0 unspecified atom stereocenters. The molecule has 1 aliphatic carbocycles. The predicted octanol–water partition coefficient (Wildman–Crippen LogP) is 8.04. The zero-order valence-corrected chi connectivity index (χ0v) is 24.7. The highest BCUT2D eigenvalue weighted by molar-refractivity contribution is 6.13. The van der Waals surface area contributed by atoms with Crippen molar-refractivity contribution in [2.75, 3.05) is 41.3 Å². The van der Waals surface area contributed by atoms with Crippen LogP contribution in [0.2, 0.25) is 0 Å². The van der Waals surface area contributed by atoms with Gasteiger partial charge in [0.25, 0.3) is 5.69 Å². The number of hydrogen-bond acceptors (Lipinski definition) is 6. The number of rotatable bonds is 4. The zero-order valence-electron chi connectivity index (χ0n) is 24.7. The lowest BCUT2D eigenvalue weighted by Crippen LogP contribution is -2.36. The molecule has 7 heteroatoms. The summed E-state index contributed by atoms with van der Waals surface area (Å²) in [4.78, 5) is 31.2. The molecule has 0 aromatic heterocycles. The lowest BCUT2D eigenvalue weighted by molar-refractivity contribution is -0.384. The van der Waals surface area contributed by atoms with Crippen molar-refractivity contribution in [1.82, 2.24) is 0 Å². The first-order valence-electron chi connectivity index (χ1n) is 15.7. The van der Waals surface area contributed by atoms with Gasteiger partial charge < -0.3 is 15.1 Å². The molecule has 2 saturated heterocycles. The Labute approximate surface area is 247 Å². The minimum absolute atomic E-state index is 0.143. The van der Waals surface area contributed by atoms with E-state index in [1.165, 1.54) is 6.42 Å². The smallest absolute Gasteiger partial charge is 0.293 e. The number of piperidine rings is 2. The standard InChI is InChI=1S/C35H40N4O3/c1-35(2)21-26-32-24-12-6-5-11-23(24)13-14-27(32)36-34(33(26)31(40)22-35)25-19-30(39(41)42)29(38-17-9-4-10-18-38)20-28(25)37-15-7-3-8-16-37/h5-6,11-14,19-20,34,36H,3-4,7-10,15-18,21-22H2,1-2H3/t34-/m0/s1. The van der Waals surface area contributed by atoms with Crippen molar-refractivity contribution in [3.8, 4) is 0 Å². The average Bonchev–Trinajstić information content (AvgIpc) is 3.00. The normalized spacial score (nSPS) is 22.0. The molecule has 1 N–H and O–H groups in total. The van der Waals surface area contributed by atoms with E-state index in [1.807, 2.05) is 6.07 Å². The highest BCUT2D eigenvalue weighted by Crippen LogP contribution is 2.54. The number of benzene rings is 3. The van der Waals surface area contributed by atoms with Crippen molar-refractivity contribution < 1.29 is 9.72 Å². The van der Waals surface area contributed by atoms with Crippen LogP contribution in [0.15, 0.2) is 54.1 Å². The van der Waals surface area contributed by atoms with Gasteiger partial charge in [-0.05, 0) is 78.8 Å². The maximum absolute atomic E-state index is 14.1. The highest BCUT2D eigenvalue weighted by Gasteiger charge is 2.42. The van der Waals surface area contributed by atoms with Crippen molar-refractivity contribution in [3.05, 3.63) is 75.3 Å². The number of carbonyl (C=O) groups excluding carboxylic acids is 1. The Morgan fingerprint density at radius 3 is 2.21 bits per heavy atom. The third kappa shape index (κ3) is 4.63. The van der Waals surface area contributed by atoms with Crippen molar-refractivity contribution >= 4 is 44.9 Å². The van der Waals surface area contributed by atoms with Crippen LogP contribution in [0.1, 0.15) is 82.4 Å². The second kappa shape index (κ2) is 10.4. The molecule has 1 atom stereocenters. The molecule has 3 aliphatic heterocycles. The van der Waals surface area contributed by atoms with E-state index in [4.69, 9.17) is 0 Å². The van der Waals surface area contributed by atoms with Crippen LogP contribution in [-0.4, -0.2) is 36.9 Å². The molecule has 4 aliphatic rings. The Hall–Kier alpha value is -3.87. The summed E-state index contributed by atoms with van der Waals surface area (Å²) < 4.78 is 0. The van der Waals surface area contributed by atoms with E-state index in [1.54, 1.807) is 6.07 Å². The molecule has 218 valence electrons. The SMILES string of the molecule is CC1(C)CC(=O)C2=C(C1)c1c(ccc3ccccc13)N[C@H]2c1cc([N+](=O)[O-])c(N2CCCCC2)cc1N1CCCCC1. The van der Waals surface area contributed by atoms with Crippen LogP contribution in [0, 0.1) is 15.5 Å². The molecule has 3 aromatic rings. The minimum Gasteiger partial charge on any atom is -0.373 e. The van der Waals surface area contributed by atoms with Crippen LogP contribution >= 0.6 is 0 Å². The third-order valence-corrected chi connectivity index (χ3v) is 9.76. The first-order chi connectivity index (χ1) is 20.3. The van der Waals surface area contributed by atoms with E-state index >= 15 is 0 Å². The number of ketones is 1. The molecule has 0 radical (unpaired) electrons. The van der Waals surface area contributed by atoms with Gasteiger partial charge in [0, 0.05) is 66.7 Å². The molecular formula is C35H40N4O3. The van der Waals surface area contributed by atoms with E-state index in [2.05, 4.69) is 65.4 Å². The summed E-state index contributed by atoms with van der Waals surface area (Å²) in [7, 11) is 0. The van der Waals surface area contributed by atoms with Crippen molar-refractivity contribution in [1.29, 1.82) is 0 Å². The van der Waals surface area contributed by atoms with Gasteiger partial charge in [-0.2, -0.15) is 0 Å². The van der Waals surface area contributed by atoms with Crippen molar-refractivity contribution in [2.45, 2.75) is 71.3 Å². The fourth-order valence-corrected chi connectivity index (χ4v) is 7.83. The van der Waals surface area contributed by atoms with E-state index in [0.29, 0.717) is 6.42 Å². The van der Waals surface area contributed by atoms with Gasteiger partial charge in [-0.1, -0.05) is 44.2 Å². The molecule has 3 aromatic carbocycles. The second-order valence-corrected chi connectivity index (χ2v) is 13.4. The van der Waals surface area contributed by atoms with Gasteiger partial charge >= 0.3 is 0 Å². The first kappa shape index (κ1) is 27.0. The summed E-state index contributed by atoms with van der Waals surface area (Å²) in [6.07, 6.45) is 7.92. The van der Waals surface area contributed by atoms with Crippen molar-refractivity contribution in [3.63, 3.8) is 0 Å². The molecule has 2 fully saturated rings. The topological polar surface area (TPSA) is 78.7 Å². The molecule has 0 bridgehead atoms. The first-order valence-corrected chi connectivity index (χ1v) is 15.7. The quantitative estimate of drug-likeness (QED) is 0.255. The van der Waals surface area contributed by atoms with Gasteiger partial charge in [0.2, 0.25) is 0 Å². The van der Waals surface area contributed by atoms with Crippen LogP contribution < -0.4 is 15.1 Å². The summed E-state index contributed by atoms with van der Waals surface area (Å²) in [5.74, 6) is 0.143. The molecule has 0 spiro atoms. The number of carbonyl (C=O) groups is 1. The van der Waals surface area contributed by atoms with Gasteiger partial charge in [-0.15, -0.1) is 0 Å². The van der Waals surface area contributed by atoms with Gasteiger partial charge in [0.05, 0.1) is 11.0 Å². The summed E-state index contributed by atoms with van der Waals surface area (Å²) in [5, 5.41) is 18.7. The number of hydrogen-bond donors (Lipinski definition) is 1. The minimum atomic E-state index is -0.441.